The van der Waals surface area contributed by atoms with Crippen molar-refractivity contribution in [1.82, 2.24) is 0 Å². The average Bonchev–Trinajstić information content (AvgIpc) is 3.08. The summed E-state index contributed by atoms with van der Waals surface area (Å²) in [4.78, 5) is 11.0. The Bertz CT molecular complexity index is 532. The van der Waals surface area contributed by atoms with Crippen LogP contribution in [0, 0.1) is 6.92 Å². The van der Waals surface area contributed by atoms with Gasteiger partial charge in [-0.3, -0.25) is 0 Å². The Morgan fingerprint density at radius 2 is 2.14 bits per heavy atom. The molecule has 1 spiro atoms. The number of hydrogen-bond donors (Lipinski definition) is 1. The molecule has 1 saturated carbocycles. The molecular formula is C17H22O4. The van der Waals surface area contributed by atoms with Gasteiger partial charge >= 0.3 is 5.97 Å². The lowest BCUT2D eigenvalue weighted by Gasteiger charge is -2.24. The van der Waals surface area contributed by atoms with Gasteiger partial charge in [-0.05, 0) is 50.3 Å². The van der Waals surface area contributed by atoms with E-state index in [1.807, 2.05) is 6.92 Å². The molecule has 1 heterocycles. The summed E-state index contributed by atoms with van der Waals surface area (Å²) < 4.78 is 12.0. The molecule has 1 unspecified atom stereocenters. The third-order valence-corrected chi connectivity index (χ3v) is 4.71. The molecule has 3 rings (SSSR count). The molecule has 4 nitrogen and oxygen atoms in total. The molecule has 1 aliphatic heterocycles. The molecule has 4 heteroatoms. The standard InChI is InChI=1S/C17H22O4/c1-12-4-5-13(16(18)19)10-15(12)20-11-14-6-9-17(21-14)7-2-3-8-17/h4-5,10,14H,2-3,6-9,11H2,1H3,(H,18,19). The maximum Gasteiger partial charge on any atom is 0.335 e. The van der Waals surface area contributed by atoms with Crippen molar-refractivity contribution in [2.45, 2.75) is 57.2 Å². The zero-order chi connectivity index (χ0) is 14.9. The number of benzene rings is 1. The quantitative estimate of drug-likeness (QED) is 0.921. The predicted octanol–water partition coefficient (Wildman–Crippen LogP) is 3.56. The van der Waals surface area contributed by atoms with Crippen LogP contribution in [0.1, 0.15) is 54.4 Å². The van der Waals surface area contributed by atoms with E-state index in [1.54, 1.807) is 18.2 Å². The maximum absolute atomic E-state index is 11.0. The van der Waals surface area contributed by atoms with Crippen LogP contribution in [0.3, 0.4) is 0 Å². The Labute approximate surface area is 125 Å². The van der Waals surface area contributed by atoms with Crippen LogP contribution in [0.25, 0.3) is 0 Å². The number of carboxylic acids is 1. The Balaban J connectivity index is 1.60. The van der Waals surface area contributed by atoms with E-state index >= 15 is 0 Å². The topological polar surface area (TPSA) is 55.8 Å². The second-order valence-corrected chi connectivity index (χ2v) is 6.27. The Hall–Kier alpha value is -1.55. The minimum absolute atomic E-state index is 0.117. The van der Waals surface area contributed by atoms with Crippen molar-refractivity contribution < 1.29 is 19.4 Å². The first kappa shape index (κ1) is 14.4. The molecule has 1 N–H and O–H groups in total. The molecular weight excluding hydrogens is 268 g/mol. The Morgan fingerprint density at radius 1 is 1.38 bits per heavy atom. The molecule has 0 aromatic heterocycles. The second kappa shape index (κ2) is 5.68. The van der Waals surface area contributed by atoms with Gasteiger partial charge in [-0.25, -0.2) is 4.79 Å². The van der Waals surface area contributed by atoms with E-state index in [4.69, 9.17) is 14.6 Å². The van der Waals surface area contributed by atoms with E-state index in [0.29, 0.717) is 12.4 Å². The zero-order valence-electron chi connectivity index (χ0n) is 12.4. The van der Waals surface area contributed by atoms with Crippen LogP contribution in [-0.4, -0.2) is 29.4 Å². The molecule has 1 saturated heterocycles. The van der Waals surface area contributed by atoms with Crippen LogP contribution in [0.4, 0.5) is 0 Å². The smallest absolute Gasteiger partial charge is 0.335 e. The number of carbonyl (C=O) groups is 1. The molecule has 114 valence electrons. The van der Waals surface area contributed by atoms with Crippen LogP contribution in [0.2, 0.25) is 0 Å². The lowest BCUT2D eigenvalue weighted by molar-refractivity contribution is -0.0509. The number of rotatable bonds is 4. The van der Waals surface area contributed by atoms with Crippen LogP contribution in [-0.2, 0) is 4.74 Å². The van der Waals surface area contributed by atoms with E-state index < -0.39 is 5.97 Å². The minimum Gasteiger partial charge on any atom is -0.491 e. The summed E-state index contributed by atoms with van der Waals surface area (Å²) in [6, 6.07) is 4.98. The summed E-state index contributed by atoms with van der Waals surface area (Å²) in [7, 11) is 0. The van der Waals surface area contributed by atoms with Gasteiger partial charge in [-0.1, -0.05) is 18.9 Å². The van der Waals surface area contributed by atoms with Gasteiger partial charge in [-0.15, -0.1) is 0 Å². The molecule has 2 fully saturated rings. The van der Waals surface area contributed by atoms with Gasteiger partial charge in [0.2, 0.25) is 0 Å². The highest BCUT2D eigenvalue weighted by Gasteiger charge is 2.42. The van der Waals surface area contributed by atoms with Crippen LogP contribution in [0.5, 0.6) is 5.75 Å². The SMILES string of the molecule is Cc1ccc(C(=O)O)cc1OCC1CCC2(CCCC2)O1. The molecule has 0 radical (unpaired) electrons. The highest BCUT2D eigenvalue weighted by molar-refractivity contribution is 5.88. The number of hydrogen-bond acceptors (Lipinski definition) is 3. The van der Waals surface area contributed by atoms with Crippen LogP contribution in [0.15, 0.2) is 18.2 Å². The van der Waals surface area contributed by atoms with Gasteiger partial charge in [0.15, 0.2) is 0 Å². The summed E-state index contributed by atoms with van der Waals surface area (Å²) >= 11 is 0. The first-order valence-corrected chi connectivity index (χ1v) is 7.73. The molecule has 1 aliphatic carbocycles. The Kier molecular flexibility index (Phi) is 3.89. The Morgan fingerprint density at radius 3 is 2.86 bits per heavy atom. The predicted molar refractivity (Wildman–Crippen MR) is 78.9 cm³/mol. The minimum atomic E-state index is -0.929. The van der Waals surface area contributed by atoms with E-state index in [9.17, 15) is 4.79 Å². The van der Waals surface area contributed by atoms with Crippen molar-refractivity contribution in [2.24, 2.45) is 0 Å². The van der Waals surface area contributed by atoms with Crippen LogP contribution < -0.4 is 4.74 Å². The fourth-order valence-corrected chi connectivity index (χ4v) is 3.47. The van der Waals surface area contributed by atoms with Gasteiger partial charge in [0.25, 0.3) is 0 Å². The summed E-state index contributed by atoms with van der Waals surface area (Å²) in [6.07, 6.45) is 7.21. The summed E-state index contributed by atoms with van der Waals surface area (Å²) in [5.74, 6) is -0.284. The largest absolute Gasteiger partial charge is 0.491 e. The third kappa shape index (κ3) is 3.05. The molecule has 0 bridgehead atoms. The third-order valence-electron chi connectivity index (χ3n) is 4.71. The van der Waals surface area contributed by atoms with Crippen LogP contribution >= 0.6 is 0 Å². The van der Waals surface area contributed by atoms with Gasteiger partial charge in [0.1, 0.15) is 12.4 Å². The first-order valence-electron chi connectivity index (χ1n) is 7.73. The number of aromatic carboxylic acids is 1. The van der Waals surface area contributed by atoms with E-state index in [1.165, 1.54) is 25.7 Å². The normalized spacial score (nSPS) is 23.6. The second-order valence-electron chi connectivity index (χ2n) is 6.27. The molecule has 2 aliphatic rings. The average molecular weight is 290 g/mol. The fraction of sp³-hybridized carbons (Fsp3) is 0.588. The first-order chi connectivity index (χ1) is 10.1. The van der Waals surface area contributed by atoms with Gasteiger partial charge in [-0.2, -0.15) is 0 Å². The van der Waals surface area contributed by atoms with Crippen molar-refractivity contribution >= 4 is 5.97 Å². The number of ether oxygens (including phenoxy) is 2. The van der Waals surface area contributed by atoms with Crippen molar-refractivity contribution in [3.63, 3.8) is 0 Å². The summed E-state index contributed by atoms with van der Waals surface area (Å²) in [6.45, 7) is 2.43. The van der Waals surface area contributed by atoms with E-state index in [0.717, 1.165) is 18.4 Å². The highest BCUT2D eigenvalue weighted by atomic mass is 16.6. The van der Waals surface area contributed by atoms with Crippen molar-refractivity contribution in [3.8, 4) is 5.75 Å². The van der Waals surface area contributed by atoms with Gasteiger partial charge in [0.05, 0.1) is 17.3 Å². The molecule has 0 amide bonds. The fourth-order valence-electron chi connectivity index (χ4n) is 3.47. The van der Waals surface area contributed by atoms with Gasteiger partial charge < -0.3 is 14.6 Å². The van der Waals surface area contributed by atoms with Gasteiger partial charge in [0, 0.05) is 0 Å². The molecule has 1 aromatic carbocycles. The number of carboxylic acid groups (broad SMARTS) is 1. The van der Waals surface area contributed by atoms with E-state index in [2.05, 4.69) is 0 Å². The molecule has 1 atom stereocenters. The lowest BCUT2D eigenvalue weighted by atomic mass is 9.98. The molecule has 21 heavy (non-hydrogen) atoms. The van der Waals surface area contributed by atoms with Crippen molar-refractivity contribution in [2.75, 3.05) is 6.61 Å². The monoisotopic (exact) mass is 290 g/mol. The highest BCUT2D eigenvalue weighted by Crippen LogP contribution is 2.43. The number of aryl methyl sites for hydroxylation is 1. The van der Waals surface area contributed by atoms with Crippen molar-refractivity contribution in [1.29, 1.82) is 0 Å². The van der Waals surface area contributed by atoms with E-state index in [-0.39, 0.29) is 17.3 Å². The maximum atomic E-state index is 11.0. The zero-order valence-corrected chi connectivity index (χ0v) is 12.4. The molecule has 1 aromatic rings. The summed E-state index contributed by atoms with van der Waals surface area (Å²) in [5.41, 5.74) is 1.33. The summed E-state index contributed by atoms with van der Waals surface area (Å²) in [5, 5.41) is 9.04. The lowest BCUT2D eigenvalue weighted by Crippen LogP contribution is -2.27. The van der Waals surface area contributed by atoms with Crippen molar-refractivity contribution in [3.05, 3.63) is 29.3 Å².